The van der Waals surface area contributed by atoms with Crippen LogP contribution in [0.1, 0.15) is 20.8 Å². The molecule has 2 amide bonds. The molecule has 0 unspecified atom stereocenters. The second-order valence-corrected chi connectivity index (χ2v) is 5.05. The van der Waals surface area contributed by atoms with Gasteiger partial charge in [0.05, 0.1) is 17.5 Å². The Bertz CT molecular complexity index is 448. The number of nitrogens with one attached hydrogen (secondary N) is 2. The van der Waals surface area contributed by atoms with Crippen molar-refractivity contribution < 1.29 is 14.3 Å². The Kier molecular flexibility index (Phi) is 5.05. The first-order valence-electron chi connectivity index (χ1n) is 5.97. The number of anilines is 1. The summed E-state index contributed by atoms with van der Waals surface area (Å²) in [6.07, 6.45) is 3.07. The van der Waals surface area contributed by atoms with Gasteiger partial charge < -0.3 is 15.4 Å². The normalized spacial score (nSPS) is 11.2. The predicted molar refractivity (Wildman–Crippen MR) is 70.6 cm³/mol. The number of hydrogen-bond acceptors (Lipinski definition) is 4. The zero-order valence-corrected chi connectivity index (χ0v) is 11.7. The van der Waals surface area contributed by atoms with E-state index in [-0.39, 0.29) is 30.6 Å². The van der Waals surface area contributed by atoms with Gasteiger partial charge in [0.1, 0.15) is 13.2 Å². The third-order valence-electron chi connectivity index (χ3n) is 2.14. The Morgan fingerprint density at radius 1 is 1.37 bits per heavy atom. The van der Waals surface area contributed by atoms with Crippen LogP contribution in [0.3, 0.4) is 0 Å². The lowest BCUT2D eigenvalue weighted by Gasteiger charge is -2.18. The van der Waals surface area contributed by atoms with Gasteiger partial charge >= 0.3 is 0 Å². The van der Waals surface area contributed by atoms with Crippen molar-refractivity contribution in [1.82, 2.24) is 15.1 Å². The minimum atomic E-state index is -0.360. The molecule has 1 rings (SSSR count). The first-order valence-corrected chi connectivity index (χ1v) is 5.97. The smallest absolute Gasteiger partial charge is 0.250 e. The van der Waals surface area contributed by atoms with E-state index in [1.165, 1.54) is 10.9 Å². The fraction of sp³-hybridized carbons (Fsp3) is 0.583. The maximum Gasteiger partial charge on any atom is 0.250 e. The number of aromatic nitrogens is 2. The van der Waals surface area contributed by atoms with Crippen LogP contribution in [0.15, 0.2) is 12.4 Å². The lowest BCUT2D eigenvalue weighted by Crippen LogP contribution is -2.27. The summed E-state index contributed by atoms with van der Waals surface area (Å²) < 4.78 is 6.79. The summed E-state index contributed by atoms with van der Waals surface area (Å²) in [6, 6.07) is 0. The third kappa shape index (κ3) is 6.01. The lowest BCUT2D eigenvalue weighted by atomic mass is 10.2. The van der Waals surface area contributed by atoms with Gasteiger partial charge in [-0.1, -0.05) is 0 Å². The van der Waals surface area contributed by atoms with E-state index in [0.717, 1.165) is 0 Å². The summed E-state index contributed by atoms with van der Waals surface area (Å²) in [5.74, 6) is -0.411. The molecule has 19 heavy (non-hydrogen) atoms. The van der Waals surface area contributed by atoms with E-state index in [1.54, 1.807) is 13.2 Å². The highest BCUT2D eigenvalue weighted by Gasteiger charge is 2.13. The SMILES string of the molecule is CNC(=O)Cn1cc(NC(=O)COC(C)(C)C)cn1. The van der Waals surface area contributed by atoms with Gasteiger partial charge in [0.2, 0.25) is 11.8 Å². The molecule has 0 fully saturated rings. The Hall–Kier alpha value is -1.89. The third-order valence-corrected chi connectivity index (χ3v) is 2.14. The van der Waals surface area contributed by atoms with Gasteiger partial charge in [-0.25, -0.2) is 0 Å². The molecule has 106 valence electrons. The van der Waals surface area contributed by atoms with Gasteiger partial charge in [-0.15, -0.1) is 0 Å². The molecule has 1 heterocycles. The second-order valence-electron chi connectivity index (χ2n) is 5.05. The maximum atomic E-state index is 11.6. The number of rotatable bonds is 5. The van der Waals surface area contributed by atoms with Crippen LogP contribution in [0.5, 0.6) is 0 Å². The fourth-order valence-electron chi connectivity index (χ4n) is 1.22. The fourth-order valence-corrected chi connectivity index (χ4v) is 1.22. The monoisotopic (exact) mass is 268 g/mol. The minimum Gasteiger partial charge on any atom is -0.366 e. The highest BCUT2D eigenvalue weighted by Crippen LogP contribution is 2.08. The lowest BCUT2D eigenvalue weighted by molar-refractivity contribution is -0.125. The number of hydrogen-bond donors (Lipinski definition) is 2. The van der Waals surface area contributed by atoms with Crippen LogP contribution >= 0.6 is 0 Å². The van der Waals surface area contributed by atoms with Gasteiger partial charge in [0.25, 0.3) is 0 Å². The van der Waals surface area contributed by atoms with Gasteiger partial charge in [0, 0.05) is 13.2 Å². The molecule has 0 atom stereocenters. The summed E-state index contributed by atoms with van der Waals surface area (Å²) >= 11 is 0. The molecule has 0 aliphatic heterocycles. The van der Waals surface area contributed by atoms with Crippen molar-refractivity contribution in [2.75, 3.05) is 19.0 Å². The molecule has 7 heteroatoms. The van der Waals surface area contributed by atoms with E-state index in [0.29, 0.717) is 5.69 Å². The molecule has 0 saturated carbocycles. The molecule has 0 aromatic carbocycles. The van der Waals surface area contributed by atoms with E-state index in [4.69, 9.17) is 4.74 Å². The van der Waals surface area contributed by atoms with E-state index in [1.807, 2.05) is 20.8 Å². The molecule has 0 saturated heterocycles. The van der Waals surface area contributed by atoms with Crippen molar-refractivity contribution in [3.05, 3.63) is 12.4 Å². The molecule has 0 spiro atoms. The molecular weight excluding hydrogens is 248 g/mol. The van der Waals surface area contributed by atoms with Crippen LogP contribution in [0.25, 0.3) is 0 Å². The number of carbonyl (C=O) groups is 2. The number of nitrogens with zero attached hydrogens (tertiary/aromatic N) is 2. The molecule has 2 N–H and O–H groups in total. The zero-order chi connectivity index (χ0) is 14.5. The zero-order valence-electron chi connectivity index (χ0n) is 11.7. The molecular formula is C12H20N4O3. The number of likely N-dealkylation sites (N-methyl/N-ethyl adjacent to an activating group) is 1. The number of amides is 2. The molecule has 0 bridgehead atoms. The van der Waals surface area contributed by atoms with Crippen LogP contribution in [0.4, 0.5) is 5.69 Å². The average molecular weight is 268 g/mol. The van der Waals surface area contributed by atoms with Crippen molar-refractivity contribution >= 4 is 17.5 Å². The van der Waals surface area contributed by atoms with Gasteiger partial charge in [0.15, 0.2) is 0 Å². The van der Waals surface area contributed by atoms with E-state index >= 15 is 0 Å². The van der Waals surface area contributed by atoms with Gasteiger partial charge in [-0.3, -0.25) is 14.3 Å². The molecule has 0 aliphatic carbocycles. The van der Waals surface area contributed by atoms with Crippen molar-refractivity contribution in [1.29, 1.82) is 0 Å². The topological polar surface area (TPSA) is 85.2 Å². The number of ether oxygens (including phenoxy) is 1. The summed E-state index contributed by atoms with van der Waals surface area (Å²) in [4.78, 5) is 22.7. The molecule has 1 aromatic rings. The van der Waals surface area contributed by atoms with E-state index in [2.05, 4.69) is 15.7 Å². The average Bonchev–Trinajstić information content (AvgIpc) is 2.73. The molecule has 1 aromatic heterocycles. The van der Waals surface area contributed by atoms with Crippen LogP contribution < -0.4 is 10.6 Å². The van der Waals surface area contributed by atoms with Crippen molar-refractivity contribution in [3.8, 4) is 0 Å². The predicted octanol–water partition coefficient (Wildman–Crippen LogP) is 0.383. The Morgan fingerprint density at radius 2 is 2.05 bits per heavy atom. The Balaban J connectivity index is 2.45. The van der Waals surface area contributed by atoms with Gasteiger partial charge in [-0.2, -0.15) is 5.10 Å². The highest BCUT2D eigenvalue weighted by molar-refractivity contribution is 5.91. The summed E-state index contributed by atoms with van der Waals surface area (Å²) in [5, 5.41) is 9.11. The van der Waals surface area contributed by atoms with E-state index in [9.17, 15) is 9.59 Å². The largest absolute Gasteiger partial charge is 0.366 e. The maximum absolute atomic E-state index is 11.6. The summed E-state index contributed by atoms with van der Waals surface area (Å²) in [6.45, 7) is 5.72. The van der Waals surface area contributed by atoms with Crippen molar-refractivity contribution in [2.24, 2.45) is 0 Å². The summed E-state index contributed by atoms with van der Waals surface area (Å²) in [5.41, 5.74) is 0.173. The van der Waals surface area contributed by atoms with E-state index < -0.39 is 0 Å². The first kappa shape index (κ1) is 15.2. The Labute approximate surface area is 112 Å². The quantitative estimate of drug-likeness (QED) is 0.808. The van der Waals surface area contributed by atoms with Crippen LogP contribution in [0, 0.1) is 0 Å². The van der Waals surface area contributed by atoms with Crippen molar-refractivity contribution in [3.63, 3.8) is 0 Å². The number of carbonyl (C=O) groups excluding carboxylic acids is 2. The Morgan fingerprint density at radius 3 is 2.63 bits per heavy atom. The standard InChI is InChI=1S/C12H20N4O3/c1-12(2,3)19-8-11(18)15-9-5-14-16(6-9)7-10(17)13-4/h5-6H,7-8H2,1-4H3,(H,13,17)(H,15,18). The summed E-state index contributed by atoms with van der Waals surface area (Å²) in [7, 11) is 1.55. The second kappa shape index (κ2) is 6.33. The molecule has 7 nitrogen and oxygen atoms in total. The van der Waals surface area contributed by atoms with Crippen LogP contribution in [0.2, 0.25) is 0 Å². The highest BCUT2D eigenvalue weighted by atomic mass is 16.5. The van der Waals surface area contributed by atoms with Crippen LogP contribution in [-0.4, -0.2) is 40.9 Å². The van der Waals surface area contributed by atoms with Crippen LogP contribution in [-0.2, 0) is 20.9 Å². The van der Waals surface area contributed by atoms with Gasteiger partial charge in [-0.05, 0) is 20.8 Å². The molecule has 0 radical (unpaired) electrons. The minimum absolute atomic E-state index is 0.0237. The molecule has 0 aliphatic rings. The van der Waals surface area contributed by atoms with Crippen molar-refractivity contribution in [2.45, 2.75) is 32.9 Å². The first-order chi connectivity index (χ1) is 8.80.